The van der Waals surface area contributed by atoms with Crippen molar-refractivity contribution in [3.05, 3.63) is 39.7 Å². The molecule has 10 heteroatoms. The fourth-order valence-corrected chi connectivity index (χ4v) is 1.37. The van der Waals surface area contributed by atoms with Crippen molar-refractivity contribution in [2.75, 3.05) is 12.4 Å². The van der Waals surface area contributed by atoms with Crippen LogP contribution in [0.3, 0.4) is 0 Å². The maximum atomic E-state index is 13.4. The molecule has 1 amide bonds. The SMILES string of the molecule is COc1n[nH]c(NC(=O)c2ccc([N+](=O)[O-])c(F)c2)n1. The fraction of sp³-hybridized carbons (Fsp3) is 0.100. The Morgan fingerprint density at radius 1 is 1.55 bits per heavy atom. The minimum Gasteiger partial charge on any atom is -0.466 e. The predicted molar refractivity (Wildman–Crippen MR) is 63.9 cm³/mol. The highest BCUT2D eigenvalue weighted by Crippen LogP contribution is 2.18. The molecule has 1 aromatic carbocycles. The molecule has 2 rings (SSSR count). The third-order valence-electron chi connectivity index (χ3n) is 2.29. The van der Waals surface area contributed by atoms with Gasteiger partial charge >= 0.3 is 11.7 Å². The van der Waals surface area contributed by atoms with Gasteiger partial charge in [-0.15, -0.1) is 5.10 Å². The van der Waals surface area contributed by atoms with E-state index in [0.29, 0.717) is 0 Å². The summed E-state index contributed by atoms with van der Waals surface area (Å²) in [6.07, 6.45) is 0. The van der Waals surface area contributed by atoms with Gasteiger partial charge in [-0.25, -0.2) is 5.10 Å². The number of nitrogens with zero attached hydrogens (tertiary/aromatic N) is 3. The number of hydrogen-bond acceptors (Lipinski definition) is 6. The number of nitro groups is 1. The Morgan fingerprint density at radius 2 is 2.30 bits per heavy atom. The number of nitro benzene ring substituents is 1. The molecule has 0 aliphatic carbocycles. The first-order chi connectivity index (χ1) is 9.51. The molecule has 0 bridgehead atoms. The molecule has 0 fully saturated rings. The fourth-order valence-electron chi connectivity index (χ4n) is 1.37. The number of nitrogens with one attached hydrogen (secondary N) is 2. The smallest absolute Gasteiger partial charge is 0.336 e. The molecule has 0 spiro atoms. The van der Waals surface area contributed by atoms with Crippen LogP contribution in [0, 0.1) is 15.9 Å². The number of halogens is 1. The van der Waals surface area contributed by atoms with E-state index < -0.39 is 22.3 Å². The molecule has 9 nitrogen and oxygen atoms in total. The van der Waals surface area contributed by atoms with Crippen LogP contribution in [0.15, 0.2) is 18.2 Å². The molecule has 2 aromatic rings. The summed E-state index contributed by atoms with van der Waals surface area (Å²) in [4.78, 5) is 25.1. The minimum absolute atomic E-state index is 0.00520. The highest BCUT2D eigenvalue weighted by atomic mass is 19.1. The summed E-state index contributed by atoms with van der Waals surface area (Å²) >= 11 is 0. The molecular weight excluding hydrogens is 273 g/mol. The molecule has 2 N–H and O–H groups in total. The van der Waals surface area contributed by atoms with E-state index >= 15 is 0 Å². The van der Waals surface area contributed by atoms with Gasteiger partial charge in [-0.3, -0.25) is 20.2 Å². The Balaban J connectivity index is 2.17. The second kappa shape index (κ2) is 5.30. The minimum atomic E-state index is -1.10. The van der Waals surface area contributed by atoms with E-state index in [2.05, 4.69) is 20.5 Å². The Bertz CT molecular complexity index is 671. The van der Waals surface area contributed by atoms with E-state index in [1.54, 1.807) is 0 Å². The van der Waals surface area contributed by atoms with E-state index in [4.69, 9.17) is 4.74 Å². The Kier molecular flexibility index (Phi) is 3.55. The van der Waals surface area contributed by atoms with Crippen molar-refractivity contribution in [3.8, 4) is 6.01 Å². The number of aromatic amines is 1. The standard InChI is InChI=1S/C10H8FN5O4/c1-20-10-13-9(14-15-10)12-8(17)5-2-3-7(16(18)19)6(11)4-5/h2-4H,1H3,(H2,12,13,14,15,17). The molecular formula is C10H8FN5O4. The maximum absolute atomic E-state index is 13.4. The van der Waals surface area contributed by atoms with Crippen LogP contribution in [0.1, 0.15) is 10.4 Å². The predicted octanol–water partition coefficient (Wildman–Crippen LogP) is 1.11. The number of carbonyl (C=O) groups excluding carboxylic acids is 1. The number of benzene rings is 1. The molecule has 20 heavy (non-hydrogen) atoms. The number of carbonyl (C=O) groups is 1. The number of amides is 1. The van der Waals surface area contributed by atoms with Crippen LogP contribution in [0.5, 0.6) is 6.01 Å². The second-order valence-corrected chi connectivity index (χ2v) is 3.55. The van der Waals surface area contributed by atoms with Gasteiger partial charge in [0.05, 0.1) is 12.0 Å². The van der Waals surface area contributed by atoms with Gasteiger partial charge in [-0.05, 0) is 12.1 Å². The number of methoxy groups -OCH3 is 1. The molecule has 104 valence electrons. The Morgan fingerprint density at radius 3 is 2.85 bits per heavy atom. The first-order valence-corrected chi connectivity index (χ1v) is 5.23. The number of ether oxygens (including phenoxy) is 1. The number of rotatable bonds is 4. The van der Waals surface area contributed by atoms with Gasteiger partial charge in [-0.1, -0.05) is 0 Å². The van der Waals surface area contributed by atoms with E-state index in [9.17, 15) is 19.3 Å². The number of anilines is 1. The molecule has 1 aromatic heterocycles. The number of hydrogen-bond donors (Lipinski definition) is 2. The van der Waals surface area contributed by atoms with Gasteiger partial charge < -0.3 is 4.74 Å². The van der Waals surface area contributed by atoms with E-state index in [1.807, 2.05) is 0 Å². The molecule has 0 aliphatic heterocycles. The average Bonchev–Trinajstić information content (AvgIpc) is 2.85. The zero-order chi connectivity index (χ0) is 14.7. The number of H-pyrrole nitrogens is 1. The lowest BCUT2D eigenvalue weighted by Gasteiger charge is -2.01. The largest absolute Gasteiger partial charge is 0.466 e. The topological polar surface area (TPSA) is 123 Å². The highest BCUT2D eigenvalue weighted by Gasteiger charge is 2.17. The van der Waals surface area contributed by atoms with E-state index in [1.165, 1.54) is 7.11 Å². The summed E-state index contributed by atoms with van der Waals surface area (Å²) in [5, 5.41) is 18.7. The molecule has 0 radical (unpaired) electrons. The van der Waals surface area contributed by atoms with Crippen LogP contribution in [0.2, 0.25) is 0 Å². The summed E-state index contributed by atoms with van der Waals surface area (Å²) < 4.78 is 18.1. The third-order valence-corrected chi connectivity index (χ3v) is 2.29. The molecule has 0 aliphatic rings. The lowest BCUT2D eigenvalue weighted by atomic mass is 10.2. The Hall–Kier alpha value is -3.04. The normalized spacial score (nSPS) is 10.1. The summed E-state index contributed by atoms with van der Waals surface area (Å²) in [6.45, 7) is 0. The van der Waals surface area contributed by atoms with Crippen LogP contribution in [-0.4, -0.2) is 33.1 Å². The molecule has 0 atom stereocenters. The van der Waals surface area contributed by atoms with Gasteiger partial charge in [0.25, 0.3) is 5.91 Å². The average molecular weight is 281 g/mol. The molecule has 0 saturated carbocycles. The van der Waals surface area contributed by atoms with Crippen LogP contribution in [0.25, 0.3) is 0 Å². The third kappa shape index (κ3) is 2.68. The van der Waals surface area contributed by atoms with Crippen molar-refractivity contribution < 1.29 is 18.8 Å². The summed E-state index contributed by atoms with van der Waals surface area (Å²) in [5.74, 6) is -1.79. The van der Waals surface area contributed by atoms with Crippen molar-refractivity contribution in [2.24, 2.45) is 0 Å². The second-order valence-electron chi connectivity index (χ2n) is 3.55. The van der Waals surface area contributed by atoms with Gasteiger partial charge in [0.1, 0.15) is 0 Å². The van der Waals surface area contributed by atoms with Crippen LogP contribution in [-0.2, 0) is 0 Å². The molecule has 0 saturated heterocycles. The highest BCUT2D eigenvalue weighted by molar-refractivity contribution is 6.03. The summed E-state index contributed by atoms with van der Waals surface area (Å²) in [5.41, 5.74) is -0.800. The van der Waals surface area contributed by atoms with Gasteiger partial charge in [-0.2, -0.15) is 9.37 Å². The van der Waals surface area contributed by atoms with Crippen molar-refractivity contribution >= 4 is 17.5 Å². The first kappa shape index (κ1) is 13.4. The van der Waals surface area contributed by atoms with Gasteiger partial charge in [0, 0.05) is 11.6 Å². The Labute approximate surface area is 110 Å². The lowest BCUT2D eigenvalue weighted by Crippen LogP contribution is -2.13. The van der Waals surface area contributed by atoms with Crippen LogP contribution in [0.4, 0.5) is 16.0 Å². The quantitative estimate of drug-likeness (QED) is 0.639. The number of aromatic nitrogens is 3. The molecule has 1 heterocycles. The van der Waals surface area contributed by atoms with Crippen molar-refractivity contribution in [2.45, 2.75) is 0 Å². The van der Waals surface area contributed by atoms with Crippen molar-refractivity contribution in [1.82, 2.24) is 15.2 Å². The zero-order valence-corrected chi connectivity index (χ0v) is 10.1. The van der Waals surface area contributed by atoms with Crippen molar-refractivity contribution in [1.29, 1.82) is 0 Å². The first-order valence-electron chi connectivity index (χ1n) is 5.23. The molecule has 0 unspecified atom stereocenters. The van der Waals surface area contributed by atoms with Gasteiger partial charge in [0.15, 0.2) is 0 Å². The summed E-state index contributed by atoms with van der Waals surface area (Å²) in [6, 6.07) is 2.83. The van der Waals surface area contributed by atoms with Crippen molar-refractivity contribution in [3.63, 3.8) is 0 Å². The van der Waals surface area contributed by atoms with Gasteiger partial charge in [0.2, 0.25) is 11.8 Å². The van der Waals surface area contributed by atoms with E-state index in [-0.39, 0.29) is 17.5 Å². The van der Waals surface area contributed by atoms with E-state index in [0.717, 1.165) is 18.2 Å². The van der Waals surface area contributed by atoms with Crippen LogP contribution >= 0.6 is 0 Å². The maximum Gasteiger partial charge on any atom is 0.336 e. The zero-order valence-electron chi connectivity index (χ0n) is 10.1. The monoisotopic (exact) mass is 281 g/mol. The summed E-state index contributed by atoms with van der Waals surface area (Å²) in [7, 11) is 1.35. The lowest BCUT2D eigenvalue weighted by molar-refractivity contribution is -0.387. The van der Waals surface area contributed by atoms with Crippen LogP contribution < -0.4 is 10.1 Å².